The molecule has 186 valence electrons. The van der Waals surface area contributed by atoms with Gasteiger partial charge >= 0.3 is 6.09 Å². The lowest BCUT2D eigenvalue weighted by Crippen LogP contribution is -2.55. The number of aromatic nitrogens is 5. The van der Waals surface area contributed by atoms with E-state index in [0.717, 1.165) is 17.0 Å². The number of nitrogens with zero attached hydrogens (tertiary/aromatic N) is 7. The summed E-state index contributed by atoms with van der Waals surface area (Å²) in [5.41, 5.74) is 2.13. The molecule has 3 aromatic rings. The Morgan fingerprint density at radius 3 is 2.54 bits per heavy atom. The zero-order valence-electron chi connectivity index (χ0n) is 21.1. The monoisotopic (exact) mass is 480 g/mol. The summed E-state index contributed by atoms with van der Waals surface area (Å²) in [6.45, 7) is 13.2. The molecular weight excluding hydrogens is 448 g/mol. The van der Waals surface area contributed by atoms with Crippen LogP contribution in [0.3, 0.4) is 0 Å². The second kappa shape index (κ2) is 9.47. The van der Waals surface area contributed by atoms with Crippen molar-refractivity contribution in [3.63, 3.8) is 0 Å². The minimum absolute atomic E-state index is 0.0413. The Hall–Kier alpha value is -3.76. The van der Waals surface area contributed by atoms with Crippen LogP contribution in [0.15, 0.2) is 24.5 Å². The molecule has 0 saturated carbocycles. The third-order valence-corrected chi connectivity index (χ3v) is 5.67. The molecule has 1 saturated heterocycles. The van der Waals surface area contributed by atoms with Crippen LogP contribution in [0.1, 0.15) is 56.5 Å². The number of fused-ring (bicyclic) bond motifs is 1. The molecule has 11 nitrogen and oxygen atoms in total. The van der Waals surface area contributed by atoms with Crippen LogP contribution in [-0.4, -0.2) is 72.7 Å². The first-order chi connectivity index (χ1) is 16.5. The van der Waals surface area contributed by atoms with Crippen LogP contribution in [0.2, 0.25) is 0 Å². The number of anilines is 2. The van der Waals surface area contributed by atoms with Crippen molar-refractivity contribution in [2.24, 2.45) is 0 Å². The zero-order chi connectivity index (χ0) is 25.3. The Kier molecular flexibility index (Phi) is 6.60. The Labute approximate surface area is 204 Å². The molecule has 1 aliphatic rings. The lowest BCUT2D eigenvalue weighted by atomic mass is 10.2. The molecular formula is C24H32N8O3. The average molecular weight is 481 g/mol. The highest BCUT2D eigenvalue weighted by Crippen LogP contribution is 2.20. The Bertz CT molecular complexity index is 1230. The third kappa shape index (κ3) is 5.50. The predicted octanol–water partition coefficient (Wildman–Crippen LogP) is 3.09. The quantitative estimate of drug-likeness (QED) is 0.605. The van der Waals surface area contributed by atoms with Crippen molar-refractivity contribution in [1.29, 1.82) is 0 Å². The molecule has 0 aliphatic carbocycles. The van der Waals surface area contributed by atoms with Gasteiger partial charge in [0.2, 0.25) is 0 Å². The second-order valence-corrected chi connectivity index (χ2v) is 9.74. The van der Waals surface area contributed by atoms with Crippen LogP contribution in [0.5, 0.6) is 0 Å². The molecule has 0 radical (unpaired) electrons. The van der Waals surface area contributed by atoms with E-state index in [0.29, 0.717) is 37.7 Å². The van der Waals surface area contributed by atoms with Gasteiger partial charge in [0.1, 0.15) is 11.3 Å². The van der Waals surface area contributed by atoms with Crippen molar-refractivity contribution in [3.05, 3.63) is 41.6 Å². The summed E-state index contributed by atoms with van der Waals surface area (Å²) >= 11 is 0. The molecule has 0 aromatic carbocycles. The van der Waals surface area contributed by atoms with Gasteiger partial charge in [-0.15, -0.1) is 10.2 Å². The van der Waals surface area contributed by atoms with Gasteiger partial charge in [0.15, 0.2) is 17.3 Å². The molecule has 0 spiro atoms. The SMILES string of the molecule is CCc1nc(C(=O)Nc2ccc(N3CCN(C(=O)OC(C)(C)C)[C@@H](C)C3)nn2)cn2cc(C)nc12. The van der Waals surface area contributed by atoms with Gasteiger partial charge in [-0.2, -0.15) is 0 Å². The number of aryl methyl sites for hydroxylation is 2. The fourth-order valence-corrected chi connectivity index (χ4v) is 4.03. The molecule has 1 N–H and O–H groups in total. The number of amides is 2. The molecule has 2 amide bonds. The highest BCUT2D eigenvalue weighted by molar-refractivity contribution is 6.02. The first kappa shape index (κ1) is 24.4. The van der Waals surface area contributed by atoms with Gasteiger partial charge < -0.3 is 24.3 Å². The van der Waals surface area contributed by atoms with Crippen LogP contribution >= 0.6 is 0 Å². The Morgan fingerprint density at radius 1 is 1.14 bits per heavy atom. The molecule has 1 aliphatic heterocycles. The molecule has 0 bridgehead atoms. The number of imidazole rings is 1. The number of piperazine rings is 1. The molecule has 4 heterocycles. The lowest BCUT2D eigenvalue weighted by molar-refractivity contribution is 0.0158. The van der Waals surface area contributed by atoms with E-state index in [1.807, 2.05) is 58.2 Å². The largest absolute Gasteiger partial charge is 0.444 e. The van der Waals surface area contributed by atoms with E-state index in [1.165, 1.54) is 0 Å². The summed E-state index contributed by atoms with van der Waals surface area (Å²) in [5, 5.41) is 11.2. The summed E-state index contributed by atoms with van der Waals surface area (Å²) in [6, 6.07) is 3.48. The van der Waals surface area contributed by atoms with E-state index in [9.17, 15) is 9.59 Å². The number of carbonyl (C=O) groups excluding carboxylic acids is 2. The van der Waals surface area contributed by atoms with Gasteiger partial charge in [-0.25, -0.2) is 14.8 Å². The van der Waals surface area contributed by atoms with Crippen LogP contribution in [-0.2, 0) is 11.2 Å². The molecule has 35 heavy (non-hydrogen) atoms. The van der Waals surface area contributed by atoms with Gasteiger partial charge in [-0.1, -0.05) is 6.92 Å². The molecule has 1 atom stereocenters. The maximum Gasteiger partial charge on any atom is 0.410 e. The van der Waals surface area contributed by atoms with Gasteiger partial charge in [0, 0.05) is 38.1 Å². The van der Waals surface area contributed by atoms with Crippen molar-refractivity contribution >= 4 is 29.3 Å². The normalized spacial score (nSPS) is 16.5. The van der Waals surface area contributed by atoms with Crippen molar-refractivity contribution in [3.8, 4) is 0 Å². The van der Waals surface area contributed by atoms with E-state index in [1.54, 1.807) is 17.2 Å². The first-order valence-corrected chi connectivity index (χ1v) is 11.8. The van der Waals surface area contributed by atoms with Crippen molar-refractivity contribution in [2.75, 3.05) is 29.9 Å². The fourth-order valence-electron chi connectivity index (χ4n) is 4.03. The minimum Gasteiger partial charge on any atom is -0.444 e. The maximum absolute atomic E-state index is 12.8. The first-order valence-electron chi connectivity index (χ1n) is 11.8. The van der Waals surface area contributed by atoms with Crippen molar-refractivity contribution in [2.45, 2.75) is 59.6 Å². The average Bonchev–Trinajstić information content (AvgIpc) is 3.17. The maximum atomic E-state index is 12.8. The summed E-state index contributed by atoms with van der Waals surface area (Å²) in [4.78, 5) is 38.0. The van der Waals surface area contributed by atoms with E-state index in [-0.39, 0.29) is 23.7 Å². The topological polar surface area (TPSA) is 118 Å². The van der Waals surface area contributed by atoms with Crippen LogP contribution in [0, 0.1) is 6.92 Å². The highest BCUT2D eigenvalue weighted by Gasteiger charge is 2.31. The Balaban J connectivity index is 1.40. The lowest BCUT2D eigenvalue weighted by Gasteiger charge is -2.40. The summed E-state index contributed by atoms with van der Waals surface area (Å²) in [7, 11) is 0. The van der Waals surface area contributed by atoms with Crippen molar-refractivity contribution in [1.82, 2.24) is 29.5 Å². The summed E-state index contributed by atoms with van der Waals surface area (Å²) in [6.07, 6.45) is 3.88. The smallest absolute Gasteiger partial charge is 0.410 e. The number of hydrogen-bond acceptors (Lipinski definition) is 8. The third-order valence-electron chi connectivity index (χ3n) is 5.67. The van der Waals surface area contributed by atoms with Crippen LogP contribution in [0.25, 0.3) is 5.65 Å². The number of rotatable bonds is 4. The molecule has 11 heteroatoms. The van der Waals surface area contributed by atoms with Gasteiger partial charge in [0.05, 0.1) is 11.4 Å². The van der Waals surface area contributed by atoms with Gasteiger partial charge in [-0.3, -0.25) is 4.79 Å². The van der Waals surface area contributed by atoms with E-state index in [2.05, 4.69) is 30.4 Å². The van der Waals surface area contributed by atoms with Crippen LogP contribution in [0.4, 0.5) is 16.4 Å². The molecule has 4 rings (SSSR count). The standard InChI is InChI=1S/C24H32N8O3/c1-7-17-21-25-15(2)12-31(21)14-18(26-17)22(33)27-19-8-9-20(29-28-19)30-10-11-32(16(3)13-30)23(34)35-24(4,5)6/h8-9,12,14,16H,7,10-11,13H2,1-6H3,(H,27,28,33)/t16-/m0/s1. The summed E-state index contributed by atoms with van der Waals surface area (Å²) < 4.78 is 7.33. The summed E-state index contributed by atoms with van der Waals surface area (Å²) in [5.74, 6) is 0.649. The Morgan fingerprint density at radius 2 is 1.91 bits per heavy atom. The van der Waals surface area contributed by atoms with E-state index < -0.39 is 5.60 Å². The second-order valence-electron chi connectivity index (χ2n) is 9.74. The fraction of sp³-hybridized carbons (Fsp3) is 0.500. The number of nitrogens with one attached hydrogen (secondary N) is 1. The van der Waals surface area contributed by atoms with Gasteiger partial charge in [-0.05, 0) is 53.2 Å². The molecule has 1 fully saturated rings. The number of hydrogen-bond donors (Lipinski definition) is 1. The van der Waals surface area contributed by atoms with E-state index >= 15 is 0 Å². The number of carbonyl (C=O) groups is 2. The predicted molar refractivity (Wildman–Crippen MR) is 132 cm³/mol. The molecule has 0 unspecified atom stereocenters. The minimum atomic E-state index is -0.531. The van der Waals surface area contributed by atoms with Gasteiger partial charge in [0.25, 0.3) is 5.91 Å². The molecule has 3 aromatic heterocycles. The number of ether oxygens (including phenoxy) is 1. The zero-order valence-corrected chi connectivity index (χ0v) is 21.1. The highest BCUT2D eigenvalue weighted by atomic mass is 16.6. The van der Waals surface area contributed by atoms with Crippen molar-refractivity contribution < 1.29 is 14.3 Å². The van der Waals surface area contributed by atoms with Crippen LogP contribution < -0.4 is 10.2 Å². The van der Waals surface area contributed by atoms with E-state index in [4.69, 9.17) is 4.74 Å².